The Morgan fingerprint density at radius 2 is 2.29 bits per heavy atom. The van der Waals surface area contributed by atoms with Crippen LogP contribution in [-0.4, -0.2) is 19.7 Å². The van der Waals surface area contributed by atoms with Crippen molar-refractivity contribution in [3.05, 3.63) is 34.6 Å². The molecule has 0 fully saturated rings. The summed E-state index contributed by atoms with van der Waals surface area (Å²) < 4.78 is 1.67. The lowest BCUT2D eigenvalue weighted by Crippen LogP contribution is -2.08. The summed E-state index contributed by atoms with van der Waals surface area (Å²) in [4.78, 5) is 18.0. The molecule has 0 aliphatic heterocycles. The van der Waals surface area contributed by atoms with Gasteiger partial charge in [-0.2, -0.15) is 5.10 Å². The number of H-pyrrole nitrogens is 1. The van der Waals surface area contributed by atoms with E-state index in [4.69, 9.17) is 0 Å². The average Bonchev–Trinajstić information content (AvgIpc) is 2.50. The first-order valence-corrected chi connectivity index (χ1v) is 4.22. The molecule has 0 bridgehead atoms. The molecule has 72 valence electrons. The number of nitrogens with one attached hydrogen (secondary N) is 1. The second-order valence-corrected chi connectivity index (χ2v) is 3.12. The van der Waals surface area contributed by atoms with Gasteiger partial charge in [-0.05, 0) is 6.92 Å². The van der Waals surface area contributed by atoms with E-state index >= 15 is 0 Å². The highest BCUT2D eigenvalue weighted by Crippen LogP contribution is 2.12. The fraction of sp³-hybridized carbons (Fsp3) is 0.222. The van der Waals surface area contributed by atoms with Crippen LogP contribution >= 0.6 is 0 Å². The Bertz CT molecular complexity index is 512. The Morgan fingerprint density at radius 1 is 1.50 bits per heavy atom. The van der Waals surface area contributed by atoms with Gasteiger partial charge in [-0.3, -0.25) is 9.48 Å². The smallest absolute Gasteiger partial charge is 0.251 e. The van der Waals surface area contributed by atoms with Gasteiger partial charge in [0.2, 0.25) is 0 Å². The molecule has 0 aliphatic rings. The molecule has 0 amide bonds. The lowest BCUT2D eigenvalue weighted by atomic mass is 10.2. The summed E-state index contributed by atoms with van der Waals surface area (Å²) in [6.07, 6.45) is 3.50. The van der Waals surface area contributed by atoms with E-state index in [0.29, 0.717) is 11.5 Å². The van der Waals surface area contributed by atoms with Crippen LogP contribution in [0.3, 0.4) is 0 Å². The summed E-state index contributed by atoms with van der Waals surface area (Å²) in [7, 11) is 1.82. The van der Waals surface area contributed by atoms with Gasteiger partial charge in [0.25, 0.3) is 5.56 Å². The predicted octanol–water partition coefficient (Wildman–Crippen LogP) is 0.479. The number of aryl methyl sites for hydroxylation is 2. The lowest BCUT2D eigenvalue weighted by molar-refractivity contribution is 0.768. The lowest BCUT2D eigenvalue weighted by Gasteiger charge is -1.96. The van der Waals surface area contributed by atoms with Crippen molar-refractivity contribution in [2.75, 3.05) is 0 Å². The molecule has 0 radical (unpaired) electrons. The Hall–Kier alpha value is -1.91. The monoisotopic (exact) mass is 190 g/mol. The van der Waals surface area contributed by atoms with Gasteiger partial charge >= 0.3 is 0 Å². The highest BCUT2D eigenvalue weighted by Gasteiger charge is 2.03. The summed E-state index contributed by atoms with van der Waals surface area (Å²) in [5, 5.41) is 4.02. The van der Waals surface area contributed by atoms with E-state index in [9.17, 15) is 4.79 Å². The molecular weight excluding hydrogens is 180 g/mol. The molecule has 5 nitrogen and oxygen atoms in total. The van der Waals surface area contributed by atoms with Crippen LogP contribution in [0.1, 0.15) is 5.82 Å². The molecule has 2 heterocycles. The molecule has 2 aromatic heterocycles. The zero-order valence-electron chi connectivity index (χ0n) is 7.98. The SMILES string of the molecule is Cc1nc(-c2cnn(C)c2)cc(=O)[nH]1. The van der Waals surface area contributed by atoms with Crippen LogP contribution in [0.2, 0.25) is 0 Å². The Balaban J connectivity index is 2.56. The highest BCUT2D eigenvalue weighted by atomic mass is 16.1. The molecule has 2 aromatic rings. The minimum absolute atomic E-state index is 0.142. The Labute approximate surface area is 80.4 Å². The summed E-state index contributed by atoms with van der Waals surface area (Å²) in [5.74, 6) is 0.608. The van der Waals surface area contributed by atoms with Gasteiger partial charge in [0.1, 0.15) is 5.82 Å². The van der Waals surface area contributed by atoms with Gasteiger partial charge in [0.05, 0.1) is 11.9 Å². The number of hydrogen-bond donors (Lipinski definition) is 1. The molecule has 2 rings (SSSR count). The molecule has 0 aromatic carbocycles. The molecular formula is C9H10N4O. The molecule has 0 atom stereocenters. The number of hydrogen-bond acceptors (Lipinski definition) is 3. The average molecular weight is 190 g/mol. The van der Waals surface area contributed by atoms with Gasteiger partial charge in [0.15, 0.2) is 0 Å². The Morgan fingerprint density at radius 3 is 2.86 bits per heavy atom. The minimum atomic E-state index is -0.142. The van der Waals surface area contributed by atoms with Crippen LogP contribution in [-0.2, 0) is 7.05 Å². The van der Waals surface area contributed by atoms with E-state index in [-0.39, 0.29) is 5.56 Å². The van der Waals surface area contributed by atoms with E-state index < -0.39 is 0 Å². The van der Waals surface area contributed by atoms with Crippen molar-refractivity contribution < 1.29 is 0 Å². The first-order chi connectivity index (χ1) is 6.65. The number of nitrogens with zero attached hydrogens (tertiary/aromatic N) is 3. The van der Waals surface area contributed by atoms with E-state index in [1.165, 1.54) is 6.07 Å². The van der Waals surface area contributed by atoms with Crippen LogP contribution < -0.4 is 5.56 Å². The van der Waals surface area contributed by atoms with Crippen LogP contribution in [0.15, 0.2) is 23.3 Å². The van der Waals surface area contributed by atoms with Crippen molar-refractivity contribution in [3.63, 3.8) is 0 Å². The van der Waals surface area contributed by atoms with Crippen molar-refractivity contribution in [2.45, 2.75) is 6.92 Å². The van der Waals surface area contributed by atoms with Crippen molar-refractivity contribution in [2.24, 2.45) is 7.05 Å². The van der Waals surface area contributed by atoms with Gasteiger partial charge in [-0.15, -0.1) is 0 Å². The molecule has 0 saturated heterocycles. The minimum Gasteiger partial charge on any atom is -0.311 e. The molecule has 14 heavy (non-hydrogen) atoms. The topological polar surface area (TPSA) is 63.6 Å². The fourth-order valence-corrected chi connectivity index (χ4v) is 1.28. The quantitative estimate of drug-likeness (QED) is 0.711. The molecule has 0 unspecified atom stereocenters. The van der Waals surface area contributed by atoms with Crippen molar-refractivity contribution >= 4 is 0 Å². The maximum absolute atomic E-state index is 11.2. The predicted molar refractivity (Wildman–Crippen MR) is 51.8 cm³/mol. The largest absolute Gasteiger partial charge is 0.311 e. The third-order valence-electron chi connectivity index (χ3n) is 1.86. The van der Waals surface area contributed by atoms with Crippen LogP contribution in [0.5, 0.6) is 0 Å². The maximum atomic E-state index is 11.2. The summed E-state index contributed by atoms with van der Waals surface area (Å²) >= 11 is 0. The summed E-state index contributed by atoms with van der Waals surface area (Å²) in [6.45, 7) is 1.75. The standard InChI is InChI=1S/C9H10N4O/c1-6-11-8(3-9(14)12-6)7-4-10-13(2)5-7/h3-5H,1-2H3,(H,11,12,14). The second-order valence-electron chi connectivity index (χ2n) is 3.12. The summed E-state index contributed by atoms with van der Waals surface area (Å²) in [6, 6.07) is 1.46. The van der Waals surface area contributed by atoms with Crippen molar-refractivity contribution in [3.8, 4) is 11.3 Å². The number of rotatable bonds is 1. The third kappa shape index (κ3) is 1.56. The van der Waals surface area contributed by atoms with E-state index in [1.54, 1.807) is 17.8 Å². The first-order valence-electron chi connectivity index (χ1n) is 4.22. The van der Waals surface area contributed by atoms with E-state index in [2.05, 4.69) is 15.1 Å². The normalized spacial score (nSPS) is 10.4. The first kappa shape index (κ1) is 8.68. The maximum Gasteiger partial charge on any atom is 0.251 e. The van der Waals surface area contributed by atoms with Gasteiger partial charge in [0, 0.05) is 24.9 Å². The van der Waals surface area contributed by atoms with E-state index in [1.807, 2.05) is 13.2 Å². The zero-order chi connectivity index (χ0) is 10.1. The number of aromatic nitrogens is 4. The molecule has 1 N–H and O–H groups in total. The van der Waals surface area contributed by atoms with Gasteiger partial charge < -0.3 is 4.98 Å². The second kappa shape index (κ2) is 3.10. The van der Waals surface area contributed by atoms with Gasteiger partial charge in [-0.1, -0.05) is 0 Å². The van der Waals surface area contributed by atoms with Crippen molar-refractivity contribution in [1.82, 2.24) is 19.7 Å². The highest BCUT2D eigenvalue weighted by molar-refractivity contribution is 5.56. The van der Waals surface area contributed by atoms with E-state index in [0.717, 1.165) is 5.56 Å². The fourth-order valence-electron chi connectivity index (χ4n) is 1.28. The van der Waals surface area contributed by atoms with Crippen molar-refractivity contribution in [1.29, 1.82) is 0 Å². The Kier molecular flexibility index (Phi) is 1.92. The van der Waals surface area contributed by atoms with Crippen LogP contribution in [0, 0.1) is 6.92 Å². The molecule has 0 aliphatic carbocycles. The summed E-state index contributed by atoms with van der Waals surface area (Å²) in [5.41, 5.74) is 1.36. The molecule has 0 saturated carbocycles. The number of aromatic amines is 1. The zero-order valence-corrected chi connectivity index (χ0v) is 7.98. The van der Waals surface area contributed by atoms with Gasteiger partial charge in [-0.25, -0.2) is 4.98 Å². The molecule has 5 heteroatoms. The third-order valence-corrected chi connectivity index (χ3v) is 1.86. The molecule has 0 spiro atoms. The van der Waals surface area contributed by atoms with Crippen LogP contribution in [0.25, 0.3) is 11.3 Å². The van der Waals surface area contributed by atoms with Crippen LogP contribution in [0.4, 0.5) is 0 Å².